The van der Waals surface area contributed by atoms with Crippen molar-refractivity contribution in [1.29, 1.82) is 0 Å². The monoisotopic (exact) mass is 403 g/mol. The average molecular weight is 403 g/mol. The van der Waals surface area contributed by atoms with Gasteiger partial charge in [-0.15, -0.1) is 0 Å². The van der Waals surface area contributed by atoms with E-state index in [0.29, 0.717) is 12.8 Å². The summed E-state index contributed by atoms with van der Waals surface area (Å²) >= 11 is 0. The second-order valence-corrected chi connectivity index (χ2v) is 10.6. The highest BCUT2D eigenvalue weighted by atomic mass is 32.2. The molecule has 1 aromatic carbocycles. The Labute approximate surface area is 152 Å². The van der Waals surface area contributed by atoms with Crippen LogP contribution in [0.1, 0.15) is 29.6 Å². The highest BCUT2D eigenvalue weighted by Crippen LogP contribution is 2.19. The minimum absolute atomic E-state index is 0.0136. The van der Waals surface area contributed by atoms with Gasteiger partial charge < -0.3 is 0 Å². The Balaban J connectivity index is 2.08. The molecule has 144 valence electrons. The number of benzene rings is 1. The highest BCUT2D eigenvalue weighted by molar-refractivity contribution is 7.92. The molecule has 1 fully saturated rings. The topological polar surface area (TPSA) is 130 Å². The van der Waals surface area contributed by atoms with E-state index in [0.717, 1.165) is 4.31 Å². The Morgan fingerprint density at radius 2 is 1.85 bits per heavy atom. The molecule has 2 amide bonds. The lowest BCUT2D eigenvalue weighted by molar-refractivity contribution is -0.121. The van der Waals surface area contributed by atoms with Gasteiger partial charge in [-0.2, -0.15) is 0 Å². The predicted molar refractivity (Wildman–Crippen MR) is 94.3 cm³/mol. The second-order valence-electron chi connectivity index (χ2n) is 6.11. The van der Waals surface area contributed by atoms with Crippen molar-refractivity contribution in [1.82, 2.24) is 15.2 Å². The fourth-order valence-electron chi connectivity index (χ4n) is 2.53. The lowest BCUT2D eigenvalue weighted by Gasteiger charge is -2.21. The SMILES string of the molecule is CN(C)S(=O)(=O)c1cccc(C(=O)NNC(=O)[C@@H]2CCCCS2(=O)=O)c1. The van der Waals surface area contributed by atoms with Gasteiger partial charge in [0.2, 0.25) is 10.0 Å². The highest BCUT2D eigenvalue weighted by Gasteiger charge is 2.35. The van der Waals surface area contributed by atoms with E-state index in [4.69, 9.17) is 0 Å². The smallest absolute Gasteiger partial charge is 0.269 e. The Morgan fingerprint density at radius 1 is 1.15 bits per heavy atom. The molecule has 1 saturated heterocycles. The van der Waals surface area contributed by atoms with E-state index in [9.17, 15) is 26.4 Å². The van der Waals surface area contributed by atoms with Crippen LogP contribution in [0.15, 0.2) is 29.2 Å². The van der Waals surface area contributed by atoms with Gasteiger partial charge in [0.15, 0.2) is 9.84 Å². The largest absolute Gasteiger partial charge is 0.272 e. The minimum Gasteiger partial charge on any atom is -0.272 e. The Hall–Kier alpha value is -1.98. The molecule has 0 bridgehead atoms. The summed E-state index contributed by atoms with van der Waals surface area (Å²) in [6.45, 7) is 0. The van der Waals surface area contributed by atoms with Crippen molar-refractivity contribution in [3.05, 3.63) is 29.8 Å². The molecule has 2 rings (SSSR count). The third-order valence-electron chi connectivity index (χ3n) is 4.05. The summed E-state index contributed by atoms with van der Waals surface area (Å²) in [7, 11) is -4.49. The van der Waals surface area contributed by atoms with E-state index >= 15 is 0 Å². The summed E-state index contributed by atoms with van der Waals surface area (Å²) in [5, 5.41) is -1.18. The summed E-state index contributed by atoms with van der Waals surface area (Å²) in [5.41, 5.74) is 4.25. The van der Waals surface area contributed by atoms with Crippen molar-refractivity contribution in [2.24, 2.45) is 0 Å². The average Bonchev–Trinajstić information content (AvgIpc) is 2.59. The van der Waals surface area contributed by atoms with E-state index in [-0.39, 0.29) is 22.6 Å². The van der Waals surface area contributed by atoms with Crippen LogP contribution in [-0.2, 0) is 24.7 Å². The van der Waals surface area contributed by atoms with Crippen molar-refractivity contribution in [3.63, 3.8) is 0 Å². The molecule has 2 N–H and O–H groups in total. The van der Waals surface area contributed by atoms with Crippen molar-refractivity contribution in [2.45, 2.75) is 29.4 Å². The molecule has 9 nitrogen and oxygen atoms in total. The summed E-state index contributed by atoms with van der Waals surface area (Å²) in [4.78, 5) is 24.1. The Bertz CT molecular complexity index is 909. The van der Waals surface area contributed by atoms with Gasteiger partial charge in [-0.3, -0.25) is 20.4 Å². The molecule has 1 aromatic rings. The molecule has 11 heteroatoms. The minimum atomic E-state index is -3.71. The van der Waals surface area contributed by atoms with Gasteiger partial charge in [-0.25, -0.2) is 21.1 Å². The Kier molecular flexibility index (Phi) is 6.04. The zero-order valence-electron chi connectivity index (χ0n) is 14.4. The maximum Gasteiger partial charge on any atom is 0.269 e. The van der Waals surface area contributed by atoms with Crippen LogP contribution < -0.4 is 10.9 Å². The molecular weight excluding hydrogens is 382 g/mol. The second kappa shape index (κ2) is 7.72. The lowest BCUT2D eigenvalue weighted by Crippen LogP contribution is -2.50. The van der Waals surface area contributed by atoms with Crippen LogP contribution in [0.5, 0.6) is 0 Å². The van der Waals surface area contributed by atoms with Gasteiger partial charge in [0.1, 0.15) is 5.25 Å². The number of rotatable bonds is 4. The van der Waals surface area contributed by atoms with E-state index in [1.165, 1.54) is 38.4 Å². The van der Waals surface area contributed by atoms with Crippen molar-refractivity contribution >= 4 is 31.7 Å². The number of carbonyl (C=O) groups is 2. The number of sulfone groups is 1. The van der Waals surface area contributed by atoms with Crippen LogP contribution in [0.2, 0.25) is 0 Å². The zero-order chi connectivity index (χ0) is 19.5. The van der Waals surface area contributed by atoms with Gasteiger partial charge in [0, 0.05) is 19.7 Å². The standard InChI is InChI=1S/C15H21N3O6S2/c1-18(2)26(23,24)12-7-5-6-11(10-12)14(19)16-17-15(20)13-8-3-4-9-25(13,21)22/h5-7,10,13H,3-4,8-9H2,1-2H3,(H,16,19)(H,17,20)/t13-/m0/s1. The van der Waals surface area contributed by atoms with E-state index in [2.05, 4.69) is 10.9 Å². The maximum atomic E-state index is 12.2. The van der Waals surface area contributed by atoms with Crippen molar-refractivity contribution < 1.29 is 26.4 Å². The molecule has 0 saturated carbocycles. The Morgan fingerprint density at radius 3 is 2.46 bits per heavy atom. The molecule has 26 heavy (non-hydrogen) atoms. The molecule has 0 aromatic heterocycles. The first-order valence-corrected chi connectivity index (χ1v) is 11.1. The van der Waals surface area contributed by atoms with Crippen LogP contribution in [0.3, 0.4) is 0 Å². The van der Waals surface area contributed by atoms with Gasteiger partial charge in [0.05, 0.1) is 10.6 Å². The van der Waals surface area contributed by atoms with Crippen molar-refractivity contribution in [2.75, 3.05) is 19.8 Å². The first-order chi connectivity index (χ1) is 12.1. The van der Waals surface area contributed by atoms with Crippen LogP contribution in [0.25, 0.3) is 0 Å². The van der Waals surface area contributed by atoms with Crippen molar-refractivity contribution in [3.8, 4) is 0 Å². The summed E-state index contributed by atoms with van der Waals surface area (Å²) in [6.07, 6.45) is 1.35. The number of sulfonamides is 1. The lowest BCUT2D eigenvalue weighted by atomic mass is 10.2. The van der Waals surface area contributed by atoms with Crippen LogP contribution in [0, 0.1) is 0 Å². The molecule has 1 atom stereocenters. The number of hydrogen-bond acceptors (Lipinski definition) is 6. The van der Waals surface area contributed by atoms with E-state index < -0.39 is 36.9 Å². The number of amides is 2. The summed E-state index contributed by atoms with van der Waals surface area (Å²) in [6, 6.07) is 5.31. The van der Waals surface area contributed by atoms with Crippen LogP contribution >= 0.6 is 0 Å². The number of hydrogen-bond donors (Lipinski definition) is 2. The van der Waals surface area contributed by atoms with Gasteiger partial charge in [0.25, 0.3) is 11.8 Å². The number of nitrogens with one attached hydrogen (secondary N) is 2. The van der Waals surface area contributed by atoms with E-state index in [1.807, 2.05) is 0 Å². The van der Waals surface area contributed by atoms with E-state index in [1.54, 1.807) is 0 Å². The first kappa shape index (κ1) is 20.3. The predicted octanol–water partition coefficient (Wildman–Crippen LogP) is -0.335. The van der Waals surface area contributed by atoms with Crippen LogP contribution in [-0.4, -0.2) is 58.1 Å². The quantitative estimate of drug-likeness (QED) is 0.662. The summed E-state index contributed by atoms with van der Waals surface area (Å²) < 4.78 is 49.1. The number of hydrazine groups is 1. The third-order valence-corrected chi connectivity index (χ3v) is 8.03. The van der Waals surface area contributed by atoms with Gasteiger partial charge in [-0.05, 0) is 31.0 Å². The fraction of sp³-hybridized carbons (Fsp3) is 0.467. The molecule has 1 aliphatic heterocycles. The molecule has 1 heterocycles. The molecule has 0 aliphatic carbocycles. The zero-order valence-corrected chi connectivity index (χ0v) is 16.1. The fourth-order valence-corrected chi connectivity index (χ4v) is 5.28. The van der Waals surface area contributed by atoms with Gasteiger partial charge >= 0.3 is 0 Å². The molecule has 1 aliphatic rings. The van der Waals surface area contributed by atoms with Crippen LogP contribution in [0.4, 0.5) is 0 Å². The first-order valence-electron chi connectivity index (χ1n) is 7.90. The third kappa shape index (κ3) is 4.40. The molecule has 0 spiro atoms. The van der Waals surface area contributed by atoms with Gasteiger partial charge in [-0.1, -0.05) is 12.5 Å². The normalized spacial score (nSPS) is 19.7. The number of nitrogens with zero attached hydrogens (tertiary/aromatic N) is 1. The molecular formula is C15H21N3O6S2. The maximum absolute atomic E-state index is 12.2. The molecule has 0 unspecified atom stereocenters. The molecule has 0 radical (unpaired) electrons. The summed E-state index contributed by atoms with van der Waals surface area (Å²) in [5.74, 6) is -1.60. The number of carbonyl (C=O) groups excluding carboxylic acids is 2.